The first-order chi connectivity index (χ1) is 12.9. The topological polar surface area (TPSA) is 54.5 Å². The summed E-state index contributed by atoms with van der Waals surface area (Å²) >= 11 is 7.68. The monoisotopic (exact) mass is 411 g/mol. The highest BCUT2D eigenvalue weighted by Gasteiger charge is 2.30. The lowest BCUT2D eigenvalue weighted by Gasteiger charge is -2.38. The lowest BCUT2D eigenvalue weighted by molar-refractivity contribution is -0.0346. The summed E-state index contributed by atoms with van der Waals surface area (Å²) in [5.74, 6) is -0.567. The van der Waals surface area contributed by atoms with Gasteiger partial charge in [-0.25, -0.2) is 9.37 Å². The van der Waals surface area contributed by atoms with Crippen LogP contribution >= 0.6 is 22.9 Å². The Bertz CT molecular complexity index is 809. The number of hydrogen-bond donors (Lipinski definition) is 1. The molecule has 1 saturated heterocycles. The van der Waals surface area contributed by atoms with E-state index in [-0.39, 0.29) is 30.4 Å². The Balaban J connectivity index is 1.84. The molecule has 2 aromatic rings. The molecule has 2 atom stereocenters. The number of aryl methyl sites for hydroxylation is 2. The van der Waals surface area contributed by atoms with Gasteiger partial charge in [-0.2, -0.15) is 0 Å². The zero-order valence-electron chi connectivity index (χ0n) is 15.6. The SMILES string of the molecule is Cc1nc(C)c(C(=O)NCC(c2c(F)cccc2Cl)N2CCOC(C)C2)s1. The maximum absolute atomic E-state index is 14.6. The van der Waals surface area contributed by atoms with Crippen LogP contribution in [0, 0.1) is 19.7 Å². The van der Waals surface area contributed by atoms with Crippen LogP contribution in [0.1, 0.15) is 38.9 Å². The van der Waals surface area contributed by atoms with Crippen molar-refractivity contribution in [3.05, 3.63) is 50.2 Å². The number of thiazole rings is 1. The van der Waals surface area contributed by atoms with Crippen molar-refractivity contribution in [2.24, 2.45) is 0 Å². The van der Waals surface area contributed by atoms with Crippen molar-refractivity contribution in [3.63, 3.8) is 0 Å². The zero-order valence-corrected chi connectivity index (χ0v) is 17.2. The molecule has 1 aliphatic rings. The molecule has 1 aromatic carbocycles. The third kappa shape index (κ3) is 4.66. The molecular weight excluding hydrogens is 389 g/mol. The minimum absolute atomic E-state index is 0.0360. The second-order valence-electron chi connectivity index (χ2n) is 6.68. The lowest BCUT2D eigenvalue weighted by atomic mass is 10.0. The van der Waals surface area contributed by atoms with E-state index in [1.54, 1.807) is 12.1 Å². The smallest absolute Gasteiger partial charge is 0.263 e. The van der Waals surface area contributed by atoms with Crippen LogP contribution in [-0.4, -0.2) is 48.1 Å². The van der Waals surface area contributed by atoms with E-state index in [0.717, 1.165) is 5.01 Å². The van der Waals surface area contributed by atoms with Crippen LogP contribution < -0.4 is 5.32 Å². The Morgan fingerprint density at radius 1 is 1.52 bits per heavy atom. The van der Waals surface area contributed by atoms with E-state index in [1.165, 1.54) is 17.4 Å². The fourth-order valence-corrected chi connectivity index (χ4v) is 4.51. The molecule has 0 aliphatic carbocycles. The molecule has 0 saturated carbocycles. The van der Waals surface area contributed by atoms with Gasteiger partial charge in [0.15, 0.2) is 0 Å². The molecule has 0 bridgehead atoms. The summed E-state index contributed by atoms with van der Waals surface area (Å²) in [6, 6.07) is 4.29. The number of ether oxygens (including phenoxy) is 1. The predicted octanol–water partition coefficient (Wildman–Crippen LogP) is 3.74. The van der Waals surface area contributed by atoms with Crippen LogP contribution in [-0.2, 0) is 4.74 Å². The van der Waals surface area contributed by atoms with E-state index in [4.69, 9.17) is 16.3 Å². The summed E-state index contributed by atoms with van der Waals surface area (Å²) in [5.41, 5.74) is 1.11. The fourth-order valence-electron chi connectivity index (χ4n) is 3.38. The summed E-state index contributed by atoms with van der Waals surface area (Å²) in [6.45, 7) is 7.76. The van der Waals surface area contributed by atoms with Crippen LogP contribution in [0.2, 0.25) is 5.02 Å². The van der Waals surface area contributed by atoms with Crippen molar-refractivity contribution < 1.29 is 13.9 Å². The Morgan fingerprint density at radius 2 is 2.30 bits per heavy atom. The summed E-state index contributed by atoms with van der Waals surface area (Å²) in [6.07, 6.45) is 0.0360. The second kappa shape index (κ2) is 8.65. The van der Waals surface area contributed by atoms with Crippen LogP contribution in [0.3, 0.4) is 0 Å². The molecule has 146 valence electrons. The maximum atomic E-state index is 14.6. The van der Waals surface area contributed by atoms with Crippen molar-refractivity contribution >= 4 is 28.8 Å². The molecule has 1 N–H and O–H groups in total. The van der Waals surface area contributed by atoms with Crippen LogP contribution in [0.15, 0.2) is 18.2 Å². The van der Waals surface area contributed by atoms with Gasteiger partial charge in [0.2, 0.25) is 0 Å². The van der Waals surface area contributed by atoms with E-state index in [1.807, 2.05) is 20.8 Å². The number of hydrogen-bond acceptors (Lipinski definition) is 5. The molecule has 2 heterocycles. The van der Waals surface area contributed by atoms with Gasteiger partial charge in [-0.3, -0.25) is 9.69 Å². The lowest BCUT2D eigenvalue weighted by Crippen LogP contribution is -2.47. The molecule has 0 radical (unpaired) electrons. The molecule has 1 amide bonds. The third-order valence-electron chi connectivity index (χ3n) is 4.61. The fraction of sp³-hybridized carbons (Fsp3) is 0.474. The number of amides is 1. The molecule has 1 fully saturated rings. The standard InChI is InChI=1S/C19H23ClFN3O2S/c1-11-10-24(7-8-26-11)16(17-14(20)5-4-6-15(17)21)9-22-19(25)18-12(2)23-13(3)27-18/h4-6,11,16H,7-10H2,1-3H3,(H,22,25). The van der Waals surface area contributed by atoms with Gasteiger partial charge in [0.1, 0.15) is 10.7 Å². The van der Waals surface area contributed by atoms with Crippen molar-refractivity contribution in [1.82, 2.24) is 15.2 Å². The highest BCUT2D eigenvalue weighted by atomic mass is 35.5. The first kappa shape index (κ1) is 20.2. The molecule has 5 nitrogen and oxygen atoms in total. The average Bonchev–Trinajstić information content (AvgIpc) is 2.95. The summed E-state index contributed by atoms with van der Waals surface area (Å²) in [7, 11) is 0. The summed E-state index contributed by atoms with van der Waals surface area (Å²) in [5, 5.41) is 4.14. The number of nitrogens with zero attached hydrogens (tertiary/aromatic N) is 2. The van der Waals surface area contributed by atoms with Gasteiger partial charge in [-0.05, 0) is 32.9 Å². The molecule has 0 spiro atoms. The number of rotatable bonds is 5. The van der Waals surface area contributed by atoms with Gasteiger partial charge in [0.05, 0.1) is 29.5 Å². The molecule has 1 aliphatic heterocycles. The minimum atomic E-state index is -0.372. The Morgan fingerprint density at radius 3 is 2.93 bits per heavy atom. The highest BCUT2D eigenvalue weighted by Crippen LogP contribution is 2.31. The van der Waals surface area contributed by atoms with Crippen LogP contribution in [0.5, 0.6) is 0 Å². The first-order valence-electron chi connectivity index (χ1n) is 8.88. The number of morpholine rings is 1. The average molecular weight is 412 g/mol. The predicted molar refractivity (Wildman–Crippen MR) is 105 cm³/mol. The zero-order chi connectivity index (χ0) is 19.6. The third-order valence-corrected chi connectivity index (χ3v) is 6.01. The van der Waals surface area contributed by atoms with Crippen LogP contribution in [0.25, 0.3) is 0 Å². The Kier molecular flexibility index (Phi) is 6.47. The largest absolute Gasteiger partial charge is 0.376 e. The Labute approximate surface area is 167 Å². The minimum Gasteiger partial charge on any atom is -0.376 e. The number of aromatic nitrogens is 1. The second-order valence-corrected chi connectivity index (χ2v) is 8.30. The van der Waals surface area contributed by atoms with Gasteiger partial charge in [0, 0.05) is 30.2 Å². The van der Waals surface area contributed by atoms with E-state index in [9.17, 15) is 9.18 Å². The van der Waals surface area contributed by atoms with Crippen molar-refractivity contribution in [2.75, 3.05) is 26.2 Å². The highest BCUT2D eigenvalue weighted by molar-refractivity contribution is 7.13. The number of halogens is 2. The molecule has 27 heavy (non-hydrogen) atoms. The molecule has 8 heteroatoms. The molecular formula is C19H23ClFN3O2S. The number of benzene rings is 1. The van der Waals surface area contributed by atoms with Crippen LogP contribution in [0.4, 0.5) is 4.39 Å². The van der Waals surface area contributed by atoms with E-state index >= 15 is 0 Å². The number of carbonyl (C=O) groups is 1. The van der Waals surface area contributed by atoms with E-state index < -0.39 is 0 Å². The number of carbonyl (C=O) groups excluding carboxylic acids is 1. The first-order valence-corrected chi connectivity index (χ1v) is 10.1. The van der Waals surface area contributed by atoms with Gasteiger partial charge < -0.3 is 10.1 Å². The quantitative estimate of drug-likeness (QED) is 0.814. The van der Waals surface area contributed by atoms with E-state index in [0.29, 0.717) is 40.9 Å². The van der Waals surface area contributed by atoms with Gasteiger partial charge in [0.25, 0.3) is 5.91 Å². The normalized spacial score (nSPS) is 19.1. The maximum Gasteiger partial charge on any atom is 0.263 e. The Hall–Kier alpha value is -1.54. The van der Waals surface area contributed by atoms with Crippen molar-refractivity contribution in [1.29, 1.82) is 0 Å². The van der Waals surface area contributed by atoms with Crippen molar-refractivity contribution in [2.45, 2.75) is 32.9 Å². The summed E-state index contributed by atoms with van der Waals surface area (Å²) in [4.78, 5) is 19.6. The van der Waals surface area contributed by atoms with Gasteiger partial charge in [-0.15, -0.1) is 11.3 Å². The van der Waals surface area contributed by atoms with Crippen molar-refractivity contribution in [3.8, 4) is 0 Å². The molecule has 3 rings (SSSR count). The number of nitrogens with one attached hydrogen (secondary N) is 1. The van der Waals surface area contributed by atoms with E-state index in [2.05, 4.69) is 15.2 Å². The van der Waals surface area contributed by atoms with Gasteiger partial charge >= 0.3 is 0 Å². The molecule has 1 aromatic heterocycles. The van der Waals surface area contributed by atoms with Gasteiger partial charge in [-0.1, -0.05) is 17.7 Å². The molecule has 2 unspecified atom stereocenters. The summed E-state index contributed by atoms with van der Waals surface area (Å²) < 4.78 is 20.2.